The van der Waals surface area contributed by atoms with Gasteiger partial charge in [0.15, 0.2) is 5.69 Å². The lowest BCUT2D eigenvalue weighted by Gasteiger charge is -2.26. The van der Waals surface area contributed by atoms with E-state index in [1.807, 2.05) is 12.1 Å². The van der Waals surface area contributed by atoms with Crippen molar-refractivity contribution in [3.8, 4) is 11.3 Å². The molecule has 21 heavy (non-hydrogen) atoms. The topological polar surface area (TPSA) is 87.9 Å². The number of carbonyl (C=O) groups is 1. The maximum atomic E-state index is 11.3. The second-order valence-corrected chi connectivity index (χ2v) is 5.42. The van der Waals surface area contributed by atoms with Crippen LogP contribution in [0.5, 0.6) is 0 Å². The van der Waals surface area contributed by atoms with Gasteiger partial charge in [-0.25, -0.2) is 0 Å². The molecule has 1 aromatic carbocycles. The molecule has 1 aromatic heterocycles. The zero-order valence-corrected chi connectivity index (χ0v) is 11.9. The maximum absolute atomic E-state index is 11.3. The van der Waals surface area contributed by atoms with Crippen molar-refractivity contribution in [2.45, 2.75) is 25.8 Å². The van der Waals surface area contributed by atoms with Crippen molar-refractivity contribution < 1.29 is 4.79 Å². The number of likely N-dealkylation sites (tertiary alicyclic amines) is 1. The number of rotatable bonds is 4. The number of nitrogens with zero attached hydrogens (tertiary/aromatic N) is 3. The van der Waals surface area contributed by atoms with Crippen LogP contribution in [0.15, 0.2) is 24.3 Å². The Kier molecular flexibility index (Phi) is 3.96. The number of amides is 1. The van der Waals surface area contributed by atoms with E-state index < -0.39 is 5.91 Å². The molecule has 2 aromatic rings. The van der Waals surface area contributed by atoms with E-state index in [1.165, 1.54) is 24.8 Å². The monoisotopic (exact) mass is 285 g/mol. The first-order valence-corrected chi connectivity index (χ1v) is 7.26. The fraction of sp³-hybridized carbons (Fsp3) is 0.400. The van der Waals surface area contributed by atoms with Gasteiger partial charge >= 0.3 is 0 Å². The first kappa shape index (κ1) is 13.8. The van der Waals surface area contributed by atoms with E-state index in [1.54, 1.807) is 0 Å². The summed E-state index contributed by atoms with van der Waals surface area (Å²) in [5, 5.41) is 10.3. The molecule has 0 bridgehead atoms. The van der Waals surface area contributed by atoms with Crippen molar-refractivity contribution >= 4 is 5.91 Å². The van der Waals surface area contributed by atoms with Crippen molar-refractivity contribution in [3.63, 3.8) is 0 Å². The van der Waals surface area contributed by atoms with Crippen molar-refractivity contribution in [3.05, 3.63) is 35.5 Å². The van der Waals surface area contributed by atoms with Crippen molar-refractivity contribution in [2.24, 2.45) is 5.73 Å². The molecule has 1 saturated heterocycles. The van der Waals surface area contributed by atoms with Gasteiger partial charge in [0.1, 0.15) is 5.69 Å². The number of nitrogens with two attached hydrogens (primary N) is 1. The van der Waals surface area contributed by atoms with Crippen LogP contribution in [0, 0.1) is 0 Å². The summed E-state index contributed by atoms with van der Waals surface area (Å²) in [7, 11) is 0. The molecule has 3 N–H and O–H groups in total. The van der Waals surface area contributed by atoms with Gasteiger partial charge in [-0.05, 0) is 37.6 Å². The molecular weight excluding hydrogens is 266 g/mol. The Bertz CT molecular complexity index is 630. The van der Waals surface area contributed by atoms with Crippen molar-refractivity contribution in [2.75, 3.05) is 13.1 Å². The standard InChI is InChI=1S/C15H19N5O/c16-15(21)14-13(17-19-18-14)12-6-4-5-11(9-12)10-20-7-2-1-3-8-20/h4-6,9H,1-3,7-8,10H2,(H2,16,21)(H,17,18,19). The molecule has 0 unspecified atom stereocenters. The van der Waals surface area contributed by atoms with E-state index in [0.29, 0.717) is 5.69 Å². The summed E-state index contributed by atoms with van der Waals surface area (Å²) in [6.07, 6.45) is 3.88. The molecule has 2 heterocycles. The highest BCUT2D eigenvalue weighted by Crippen LogP contribution is 2.22. The van der Waals surface area contributed by atoms with Gasteiger partial charge in [0.2, 0.25) is 0 Å². The minimum absolute atomic E-state index is 0.185. The molecule has 1 fully saturated rings. The molecule has 110 valence electrons. The highest BCUT2D eigenvalue weighted by atomic mass is 16.1. The third-order valence-electron chi connectivity index (χ3n) is 3.84. The molecule has 0 saturated carbocycles. The number of aromatic amines is 1. The summed E-state index contributed by atoms with van der Waals surface area (Å²) in [5.74, 6) is -0.569. The Morgan fingerprint density at radius 3 is 2.81 bits per heavy atom. The molecule has 0 aliphatic carbocycles. The van der Waals surface area contributed by atoms with E-state index in [2.05, 4.69) is 32.4 Å². The Labute approximate surface area is 123 Å². The first-order chi connectivity index (χ1) is 10.2. The number of hydrogen-bond donors (Lipinski definition) is 2. The van der Waals surface area contributed by atoms with Crippen LogP contribution in [0.2, 0.25) is 0 Å². The van der Waals surface area contributed by atoms with Gasteiger partial charge in [0, 0.05) is 12.1 Å². The van der Waals surface area contributed by atoms with Gasteiger partial charge < -0.3 is 5.73 Å². The summed E-state index contributed by atoms with van der Waals surface area (Å²) in [4.78, 5) is 13.8. The highest BCUT2D eigenvalue weighted by Gasteiger charge is 2.16. The number of H-pyrrole nitrogens is 1. The zero-order chi connectivity index (χ0) is 14.7. The van der Waals surface area contributed by atoms with E-state index >= 15 is 0 Å². The molecule has 1 aliphatic heterocycles. The van der Waals surface area contributed by atoms with Crippen LogP contribution in [0.1, 0.15) is 35.3 Å². The molecule has 0 atom stereocenters. The minimum atomic E-state index is -0.569. The Morgan fingerprint density at radius 2 is 2.05 bits per heavy atom. The maximum Gasteiger partial charge on any atom is 0.271 e. The minimum Gasteiger partial charge on any atom is -0.364 e. The van der Waals surface area contributed by atoms with E-state index in [0.717, 1.165) is 25.2 Å². The Morgan fingerprint density at radius 1 is 1.24 bits per heavy atom. The van der Waals surface area contributed by atoms with Crippen molar-refractivity contribution in [1.82, 2.24) is 20.3 Å². The largest absolute Gasteiger partial charge is 0.364 e. The molecule has 0 radical (unpaired) electrons. The molecule has 1 aliphatic rings. The molecule has 1 amide bonds. The fourth-order valence-corrected chi connectivity index (χ4v) is 2.80. The average molecular weight is 285 g/mol. The SMILES string of the molecule is NC(=O)c1n[nH]nc1-c1cccc(CN2CCCCC2)c1. The first-order valence-electron chi connectivity index (χ1n) is 7.26. The summed E-state index contributed by atoms with van der Waals surface area (Å²) >= 11 is 0. The molecule has 0 spiro atoms. The number of piperidine rings is 1. The number of benzene rings is 1. The number of carbonyl (C=O) groups excluding carboxylic acids is 1. The molecule has 3 rings (SSSR count). The lowest BCUT2D eigenvalue weighted by molar-refractivity contribution is 0.0996. The number of primary amides is 1. The van der Waals surface area contributed by atoms with Crippen LogP contribution in [0.4, 0.5) is 0 Å². The second-order valence-electron chi connectivity index (χ2n) is 5.42. The predicted molar refractivity (Wildman–Crippen MR) is 79.5 cm³/mol. The van der Waals surface area contributed by atoms with Gasteiger partial charge in [0.25, 0.3) is 5.91 Å². The number of aromatic nitrogens is 3. The number of nitrogens with one attached hydrogen (secondary N) is 1. The normalized spacial score (nSPS) is 16.0. The van der Waals surface area contributed by atoms with E-state index in [9.17, 15) is 4.79 Å². The fourth-order valence-electron chi connectivity index (χ4n) is 2.80. The third kappa shape index (κ3) is 3.11. The average Bonchev–Trinajstić information content (AvgIpc) is 2.98. The third-order valence-corrected chi connectivity index (χ3v) is 3.84. The molecule has 6 nitrogen and oxygen atoms in total. The van der Waals surface area contributed by atoms with Crippen LogP contribution in [-0.2, 0) is 6.54 Å². The van der Waals surface area contributed by atoms with Crippen LogP contribution in [0.3, 0.4) is 0 Å². The smallest absolute Gasteiger partial charge is 0.271 e. The van der Waals surface area contributed by atoms with Gasteiger partial charge in [-0.2, -0.15) is 15.4 Å². The van der Waals surface area contributed by atoms with Crippen LogP contribution in [0.25, 0.3) is 11.3 Å². The lowest BCUT2D eigenvalue weighted by atomic mass is 10.0. The molecular formula is C15H19N5O. The van der Waals surface area contributed by atoms with Gasteiger partial charge in [-0.3, -0.25) is 9.69 Å². The molecule has 6 heteroatoms. The Balaban J connectivity index is 1.82. The summed E-state index contributed by atoms with van der Waals surface area (Å²) in [5.41, 5.74) is 8.10. The lowest BCUT2D eigenvalue weighted by Crippen LogP contribution is -2.29. The summed E-state index contributed by atoms with van der Waals surface area (Å²) in [6, 6.07) is 8.05. The summed E-state index contributed by atoms with van der Waals surface area (Å²) in [6.45, 7) is 3.24. The van der Waals surface area contributed by atoms with Gasteiger partial charge in [-0.1, -0.05) is 24.6 Å². The van der Waals surface area contributed by atoms with Crippen LogP contribution in [-0.4, -0.2) is 39.3 Å². The van der Waals surface area contributed by atoms with E-state index in [-0.39, 0.29) is 5.69 Å². The summed E-state index contributed by atoms with van der Waals surface area (Å²) < 4.78 is 0. The van der Waals surface area contributed by atoms with Crippen LogP contribution >= 0.6 is 0 Å². The van der Waals surface area contributed by atoms with Gasteiger partial charge in [-0.15, -0.1) is 0 Å². The predicted octanol–water partition coefficient (Wildman–Crippen LogP) is 1.56. The highest BCUT2D eigenvalue weighted by molar-refractivity contribution is 5.96. The Hall–Kier alpha value is -2.21. The van der Waals surface area contributed by atoms with Crippen molar-refractivity contribution in [1.29, 1.82) is 0 Å². The quantitative estimate of drug-likeness (QED) is 0.892. The number of hydrogen-bond acceptors (Lipinski definition) is 4. The second kappa shape index (κ2) is 6.05. The van der Waals surface area contributed by atoms with Crippen LogP contribution < -0.4 is 5.73 Å². The zero-order valence-electron chi connectivity index (χ0n) is 11.9. The van der Waals surface area contributed by atoms with Gasteiger partial charge in [0.05, 0.1) is 0 Å². The van der Waals surface area contributed by atoms with E-state index in [4.69, 9.17) is 5.73 Å².